The zero-order valence-corrected chi connectivity index (χ0v) is 19.0. The fourth-order valence-electron chi connectivity index (χ4n) is 2.10. The minimum atomic E-state index is -3.37. The van der Waals surface area contributed by atoms with Crippen molar-refractivity contribution in [1.29, 1.82) is 0 Å². The van der Waals surface area contributed by atoms with Crippen molar-refractivity contribution in [3.63, 3.8) is 0 Å². The normalized spacial score (nSPS) is 13.0. The number of hydrogen-bond donors (Lipinski definition) is 0. The lowest BCUT2D eigenvalue weighted by molar-refractivity contribution is 0.229. The van der Waals surface area contributed by atoms with E-state index in [4.69, 9.17) is 18.2 Å². The summed E-state index contributed by atoms with van der Waals surface area (Å²) < 4.78 is 36.0. The average molecular weight is 389 g/mol. The highest BCUT2D eigenvalue weighted by Crippen LogP contribution is 2.49. The molecule has 0 aliphatic heterocycles. The second kappa shape index (κ2) is 8.25. The lowest BCUT2D eigenvalue weighted by atomic mass is 10.2. The van der Waals surface area contributed by atoms with Crippen molar-refractivity contribution >= 4 is 21.2 Å². The number of ether oxygens (including phenoxy) is 1. The number of methoxy groups -OCH3 is 1. The summed E-state index contributed by atoms with van der Waals surface area (Å²) in [6.45, 7) is 17.1. The summed E-state index contributed by atoms with van der Waals surface area (Å²) in [6, 6.07) is 3.53. The van der Waals surface area contributed by atoms with Crippen LogP contribution in [0, 0.1) is 6.92 Å². The first-order valence-corrected chi connectivity index (χ1v) is 13.1. The number of hydrogen-bond acceptors (Lipinski definition) is 5. The molecule has 0 heterocycles. The molecule has 25 heavy (non-hydrogen) atoms. The molecule has 0 atom stereocenters. The standard InChI is InChI=1S/C18H33O5PSi/c1-10-21-24(19,22-11-2)15-12-14(3)17(16(13-15)20-7)23-25(8,9)18(4,5)6/h12-13H,10-11H2,1-9H3. The molecule has 0 unspecified atom stereocenters. The Morgan fingerprint density at radius 1 is 1.08 bits per heavy atom. The Hall–Kier alpha value is -0.813. The molecule has 1 aromatic rings. The minimum absolute atomic E-state index is 0.0645. The van der Waals surface area contributed by atoms with Crippen molar-refractivity contribution in [1.82, 2.24) is 0 Å². The van der Waals surface area contributed by atoms with Gasteiger partial charge in [-0.25, -0.2) is 0 Å². The Labute approximate surface area is 153 Å². The van der Waals surface area contributed by atoms with Gasteiger partial charge in [0.15, 0.2) is 5.75 Å². The number of rotatable bonds is 8. The van der Waals surface area contributed by atoms with E-state index in [2.05, 4.69) is 33.9 Å². The number of aryl methyl sites for hydroxylation is 1. The maximum atomic E-state index is 13.1. The van der Waals surface area contributed by atoms with Gasteiger partial charge in [0.2, 0.25) is 0 Å². The van der Waals surface area contributed by atoms with Gasteiger partial charge in [0.25, 0.3) is 8.32 Å². The van der Waals surface area contributed by atoms with E-state index in [0.29, 0.717) is 30.0 Å². The molecule has 0 spiro atoms. The molecule has 0 fully saturated rings. The molecule has 0 N–H and O–H groups in total. The molecular formula is C18H33O5PSi. The first-order chi connectivity index (χ1) is 11.4. The van der Waals surface area contributed by atoms with Crippen molar-refractivity contribution in [3.8, 4) is 11.5 Å². The smallest absolute Gasteiger partial charge is 0.361 e. The van der Waals surface area contributed by atoms with Crippen LogP contribution in [0.1, 0.15) is 40.2 Å². The van der Waals surface area contributed by atoms with Crippen molar-refractivity contribution < 1.29 is 22.8 Å². The molecule has 0 saturated carbocycles. The molecule has 144 valence electrons. The van der Waals surface area contributed by atoms with Crippen LogP contribution in [0.5, 0.6) is 11.5 Å². The van der Waals surface area contributed by atoms with E-state index in [0.717, 1.165) is 5.56 Å². The van der Waals surface area contributed by atoms with Gasteiger partial charge in [-0.15, -0.1) is 0 Å². The summed E-state index contributed by atoms with van der Waals surface area (Å²) in [4.78, 5) is 0. The van der Waals surface area contributed by atoms with E-state index in [9.17, 15) is 4.57 Å². The van der Waals surface area contributed by atoms with Gasteiger partial charge >= 0.3 is 7.60 Å². The summed E-state index contributed by atoms with van der Waals surface area (Å²) >= 11 is 0. The van der Waals surface area contributed by atoms with E-state index >= 15 is 0 Å². The van der Waals surface area contributed by atoms with Crippen molar-refractivity contribution in [2.75, 3.05) is 20.3 Å². The number of benzene rings is 1. The highest BCUT2D eigenvalue weighted by atomic mass is 31.2. The summed E-state index contributed by atoms with van der Waals surface area (Å²) in [7, 11) is -3.81. The zero-order valence-electron chi connectivity index (χ0n) is 17.1. The molecular weight excluding hydrogens is 355 g/mol. The summed E-state index contributed by atoms with van der Waals surface area (Å²) in [6.07, 6.45) is 0. The van der Waals surface area contributed by atoms with E-state index in [1.54, 1.807) is 27.0 Å². The maximum Gasteiger partial charge on any atom is 0.361 e. The topological polar surface area (TPSA) is 54.0 Å². The molecule has 0 radical (unpaired) electrons. The zero-order chi connectivity index (χ0) is 19.5. The lowest BCUT2D eigenvalue weighted by Gasteiger charge is -2.37. The fraction of sp³-hybridized carbons (Fsp3) is 0.667. The summed E-state index contributed by atoms with van der Waals surface area (Å²) in [5.74, 6) is 1.26. The molecule has 0 saturated heterocycles. The Balaban J connectivity index is 3.40. The monoisotopic (exact) mass is 388 g/mol. The van der Waals surface area contributed by atoms with Gasteiger partial charge < -0.3 is 18.2 Å². The van der Waals surface area contributed by atoms with Crippen LogP contribution in [-0.4, -0.2) is 28.6 Å². The van der Waals surface area contributed by atoms with E-state index in [1.165, 1.54) is 0 Å². The van der Waals surface area contributed by atoms with Gasteiger partial charge in [0.1, 0.15) is 5.75 Å². The molecule has 0 amide bonds. The van der Waals surface area contributed by atoms with Gasteiger partial charge in [-0.1, -0.05) is 20.8 Å². The molecule has 1 rings (SSSR count). The van der Waals surface area contributed by atoms with Crippen molar-refractivity contribution in [2.24, 2.45) is 0 Å². The van der Waals surface area contributed by atoms with Crippen LogP contribution in [0.2, 0.25) is 18.1 Å². The maximum absolute atomic E-state index is 13.1. The van der Waals surface area contributed by atoms with Crippen LogP contribution in [0.25, 0.3) is 0 Å². The Kier molecular flexibility index (Phi) is 7.34. The molecule has 0 aliphatic carbocycles. The van der Waals surface area contributed by atoms with Crippen molar-refractivity contribution in [2.45, 2.75) is 59.7 Å². The third-order valence-corrected chi connectivity index (χ3v) is 10.9. The summed E-state index contributed by atoms with van der Waals surface area (Å²) in [5, 5.41) is 0.558. The van der Waals surface area contributed by atoms with Crippen molar-refractivity contribution in [3.05, 3.63) is 17.7 Å². The molecule has 0 aliphatic rings. The second-order valence-corrected chi connectivity index (χ2v) is 14.2. The Morgan fingerprint density at radius 2 is 1.60 bits per heavy atom. The van der Waals surface area contributed by atoms with Gasteiger partial charge in [-0.3, -0.25) is 4.57 Å². The van der Waals surface area contributed by atoms with Crippen LogP contribution in [-0.2, 0) is 13.6 Å². The van der Waals surface area contributed by atoms with E-state index in [-0.39, 0.29) is 5.04 Å². The molecule has 7 heteroatoms. The van der Waals surface area contributed by atoms with Crippen LogP contribution in [0.15, 0.2) is 12.1 Å². The molecule has 1 aromatic carbocycles. The molecule has 5 nitrogen and oxygen atoms in total. The van der Waals surface area contributed by atoms with Gasteiger partial charge in [0, 0.05) is 0 Å². The van der Waals surface area contributed by atoms with Gasteiger partial charge in [-0.05, 0) is 56.6 Å². The highest BCUT2D eigenvalue weighted by molar-refractivity contribution is 7.62. The largest absolute Gasteiger partial charge is 0.541 e. The fourth-order valence-corrected chi connectivity index (χ4v) is 4.86. The average Bonchev–Trinajstić information content (AvgIpc) is 2.48. The van der Waals surface area contributed by atoms with Crippen LogP contribution in [0.4, 0.5) is 0 Å². The molecule has 0 bridgehead atoms. The third kappa shape index (κ3) is 5.10. The quantitative estimate of drug-likeness (QED) is 0.448. The predicted octanol–water partition coefficient (Wildman–Crippen LogP) is 5.28. The van der Waals surface area contributed by atoms with Gasteiger partial charge in [0.05, 0.1) is 25.6 Å². The first-order valence-electron chi connectivity index (χ1n) is 8.69. The predicted molar refractivity (Wildman–Crippen MR) is 106 cm³/mol. The Bertz CT molecular complexity index is 627. The second-order valence-electron chi connectivity index (χ2n) is 7.49. The third-order valence-electron chi connectivity index (χ3n) is 4.52. The van der Waals surface area contributed by atoms with Crippen LogP contribution in [0.3, 0.4) is 0 Å². The van der Waals surface area contributed by atoms with E-state index < -0.39 is 15.9 Å². The molecule has 0 aromatic heterocycles. The van der Waals surface area contributed by atoms with Crippen LogP contribution < -0.4 is 14.5 Å². The minimum Gasteiger partial charge on any atom is -0.541 e. The Morgan fingerprint density at radius 3 is 2.00 bits per heavy atom. The van der Waals surface area contributed by atoms with Crippen LogP contribution >= 0.6 is 7.60 Å². The summed E-state index contributed by atoms with van der Waals surface area (Å²) in [5.41, 5.74) is 0.860. The highest BCUT2D eigenvalue weighted by Gasteiger charge is 2.40. The van der Waals surface area contributed by atoms with Gasteiger partial charge in [-0.2, -0.15) is 0 Å². The lowest BCUT2D eigenvalue weighted by Crippen LogP contribution is -2.44. The van der Waals surface area contributed by atoms with E-state index in [1.807, 2.05) is 13.0 Å². The SMILES string of the molecule is CCOP(=O)(OCC)c1cc(C)c(O[Si](C)(C)C(C)(C)C)c(OC)c1. The first kappa shape index (κ1) is 22.2.